The van der Waals surface area contributed by atoms with Crippen LogP contribution in [0, 0.1) is 0 Å². The van der Waals surface area contributed by atoms with Crippen LogP contribution in [0.5, 0.6) is 0 Å². The number of rotatable bonds is 5. The number of fused-ring (bicyclic) bond motifs is 1. The van der Waals surface area contributed by atoms with Gasteiger partial charge in [0.15, 0.2) is 0 Å². The highest BCUT2D eigenvalue weighted by atomic mass is 32.2. The van der Waals surface area contributed by atoms with Gasteiger partial charge < -0.3 is 0 Å². The Morgan fingerprint density at radius 3 is 2.27 bits per heavy atom. The second-order valence-electron chi connectivity index (χ2n) is 8.37. The molecular formula is C25H26N4O3S. The van der Waals surface area contributed by atoms with Gasteiger partial charge in [-0.05, 0) is 28.5 Å². The summed E-state index contributed by atoms with van der Waals surface area (Å²) in [6.07, 6.45) is 0.744. The molecule has 170 valence electrons. The molecule has 3 aromatic carbocycles. The van der Waals surface area contributed by atoms with Gasteiger partial charge >= 0.3 is 0 Å². The summed E-state index contributed by atoms with van der Waals surface area (Å²) in [5.41, 5.74) is 1.97. The molecule has 2 aliphatic heterocycles. The molecule has 5 rings (SSSR count). The highest BCUT2D eigenvalue weighted by Crippen LogP contribution is 2.23. The number of hydrogen-bond donors (Lipinski definition) is 0. The third-order valence-corrected chi connectivity index (χ3v) is 8.14. The van der Waals surface area contributed by atoms with E-state index in [1.165, 1.54) is 4.31 Å². The SMILES string of the molecule is O=C(CN1CCN(S(=O)(=O)c2ccc3ccccc3c2)CC1)N1CCC(c2ccccc2)=N1. The lowest BCUT2D eigenvalue weighted by molar-refractivity contribution is -0.132. The topological polar surface area (TPSA) is 73.3 Å². The maximum atomic E-state index is 13.2. The van der Waals surface area contributed by atoms with Crippen molar-refractivity contribution in [3.63, 3.8) is 0 Å². The van der Waals surface area contributed by atoms with Crippen molar-refractivity contribution >= 4 is 32.4 Å². The maximum absolute atomic E-state index is 13.2. The van der Waals surface area contributed by atoms with E-state index in [2.05, 4.69) is 5.10 Å². The number of benzene rings is 3. The Hall–Kier alpha value is -3.07. The van der Waals surface area contributed by atoms with Crippen LogP contribution in [-0.2, 0) is 14.8 Å². The van der Waals surface area contributed by atoms with Crippen molar-refractivity contribution in [1.29, 1.82) is 0 Å². The molecule has 0 spiro atoms. The van der Waals surface area contributed by atoms with Crippen LogP contribution in [0.15, 0.2) is 82.8 Å². The summed E-state index contributed by atoms with van der Waals surface area (Å²) in [6, 6.07) is 22.9. The molecule has 3 aromatic rings. The van der Waals surface area contributed by atoms with E-state index in [4.69, 9.17) is 0 Å². The Balaban J connectivity index is 1.19. The summed E-state index contributed by atoms with van der Waals surface area (Å²) in [4.78, 5) is 15.1. The van der Waals surface area contributed by atoms with E-state index in [9.17, 15) is 13.2 Å². The zero-order valence-corrected chi connectivity index (χ0v) is 19.1. The van der Waals surface area contributed by atoms with Crippen LogP contribution in [0.4, 0.5) is 0 Å². The average molecular weight is 463 g/mol. The van der Waals surface area contributed by atoms with Crippen LogP contribution < -0.4 is 0 Å². The molecule has 8 heteroatoms. The third-order valence-electron chi connectivity index (χ3n) is 6.25. The molecular weight excluding hydrogens is 436 g/mol. The van der Waals surface area contributed by atoms with Gasteiger partial charge in [0.05, 0.1) is 23.7 Å². The molecule has 2 heterocycles. The first-order chi connectivity index (χ1) is 16.0. The second-order valence-corrected chi connectivity index (χ2v) is 10.3. The van der Waals surface area contributed by atoms with Gasteiger partial charge in [-0.1, -0.05) is 60.7 Å². The molecule has 1 amide bonds. The summed E-state index contributed by atoms with van der Waals surface area (Å²) < 4.78 is 27.8. The number of hydrogen-bond acceptors (Lipinski definition) is 5. The van der Waals surface area contributed by atoms with Crippen LogP contribution >= 0.6 is 0 Å². The lowest BCUT2D eigenvalue weighted by Crippen LogP contribution is -2.50. The number of piperazine rings is 1. The second kappa shape index (κ2) is 9.05. The molecule has 0 saturated carbocycles. The largest absolute Gasteiger partial charge is 0.292 e. The van der Waals surface area contributed by atoms with Crippen molar-refractivity contribution in [2.24, 2.45) is 5.10 Å². The van der Waals surface area contributed by atoms with Crippen LogP contribution in [0.3, 0.4) is 0 Å². The van der Waals surface area contributed by atoms with Crippen molar-refractivity contribution in [3.05, 3.63) is 78.4 Å². The predicted molar refractivity (Wildman–Crippen MR) is 128 cm³/mol. The van der Waals surface area contributed by atoms with Gasteiger partial charge in [0.2, 0.25) is 10.0 Å². The molecule has 0 atom stereocenters. The first-order valence-electron chi connectivity index (χ1n) is 11.2. The first kappa shape index (κ1) is 21.8. The summed E-state index contributed by atoms with van der Waals surface area (Å²) in [5, 5.41) is 7.97. The molecule has 1 fully saturated rings. The first-order valence-corrected chi connectivity index (χ1v) is 12.6. The normalized spacial score (nSPS) is 17.9. The summed E-state index contributed by atoms with van der Waals surface area (Å²) >= 11 is 0. The Morgan fingerprint density at radius 2 is 1.52 bits per heavy atom. The van der Waals surface area contributed by atoms with E-state index in [1.54, 1.807) is 17.1 Å². The highest BCUT2D eigenvalue weighted by Gasteiger charge is 2.30. The van der Waals surface area contributed by atoms with Crippen LogP contribution in [0.2, 0.25) is 0 Å². The zero-order valence-electron chi connectivity index (χ0n) is 18.3. The van der Waals surface area contributed by atoms with Crippen molar-refractivity contribution < 1.29 is 13.2 Å². The molecule has 0 bridgehead atoms. The number of hydrazone groups is 1. The number of nitrogens with zero attached hydrogens (tertiary/aromatic N) is 4. The smallest absolute Gasteiger partial charge is 0.256 e. The molecule has 0 radical (unpaired) electrons. The molecule has 2 aliphatic rings. The molecule has 1 saturated heterocycles. The Morgan fingerprint density at radius 1 is 0.818 bits per heavy atom. The van der Waals surface area contributed by atoms with E-state index < -0.39 is 10.0 Å². The fourth-order valence-electron chi connectivity index (χ4n) is 4.35. The maximum Gasteiger partial charge on any atom is 0.256 e. The minimum Gasteiger partial charge on any atom is -0.292 e. The summed E-state index contributed by atoms with van der Waals surface area (Å²) in [5.74, 6) is -0.0493. The van der Waals surface area contributed by atoms with E-state index >= 15 is 0 Å². The minimum absolute atomic E-state index is 0.0493. The van der Waals surface area contributed by atoms with Gasteiger partial charge in [-0.2, -0.15) is 9.41 Å². The Labute approximate surface area is 194 Å². The standard InChI is InChI=1S/C25H26N4O3S/c30-25(29-13-12-24(26-29)21-7-2-1-3-8-21)19-27-14-16-28(17-15-27)33(31,32)23-11-10-20-6-4-5-9-22(20)18-23/h1-11,18H,12-17,19H2. The van der Waals surface area contributed by atoms with Gasteiger partial charge in [0.25, 0.3) is 5.91 Å². The lowest BCUT2D eigenvalue weighted by atomic mass is 10.1. The monoisotopic (exact) mass is 462 g/mol. The Kier molecular flexibility index (Phi) is 5.97. The van der Waals surface area contributed by atoms with E-state index in [0.717, 1.165) is 28.5 Å². The lowest BCUT2D eigenvalue weighted by Gasteiger charge is -2.34. The molecule has 0 aliphatic carbocycles. The van der Waals surface area contributed by atoms with Crippen LogP contribution in [0.25, 0.3) is 10.8 Å². The van der Waals surface area contributed by atoms with E-state index in [1.807, 2.05) is 65.6 Å². The summed E-state index contributed by atoms with van der Waals surface area (Å²) in [6.45, 7) is 2.58. The predicted octanol–water partition coefficient (Wildman–Crippen LogP) is 2.78. The highest BCUT2D eigenvalue weighted by molar-refractivity contribution is 7.89. The number of sulfonamides is 1. The quantitative estimate of drug-likeness (QED) is 0.585. The Bertz CT molecular complexity index is 1300. The molecule has 33 heavy (non-hydrogen) atoms. The summed E-state index contributed by atoms with van der Waals surface area (Å²) in [7, 11) is -3.57. The third kappa shape index (κ3) is 4.55. The molecule has 0 aromatic heterocycles. The average Bonchev–Trinajstić information content (AvgIpc) is 3.35. The van der Waals surface area contributed by atoms with Gasteiger partial charge in [-0.3, -0.25) is 9.69 Å². The molecule has 0 unspecified atom stereocenters. The van der Waals surface area contributed by atoms with E-state index in [-0.39, 0.29) is 12.5 Å². The fourth-order valence-corrected chi connectivity index (χ4v) is 5.81. The minimum atomic E-state index is -3.57. The number of carbonyl (C=O) groups is 1. The van der Waals surface area contributed by atoms with Crippen LogP contribution in [0.1, 0.15) is 12.0 Å². The fraction of sp³-hybridized carbons (Fsp3) is 0.280. The van der Waals surface area contributed by atoms with Gasteiger partial charge in [0, 0.05) is 32.6 Å². The van der Waals surface area contributed by atoms with Gasteiger partial charge in [-0.25, -0.2) is 13.4 Å². The van der Waals surface area contributed by atoms with Crippen molar-refractivity contribution in [3.8, 4) is 0 Å². The molecule has 0 N–H and O–H groups in total. The van der Waals surface area contributed by atoms with Crippen molar-refractivity contribution in [2.45, 2.75) is 11.3 Å². The number of amides is 1. The van der Waals surface area contributed by atoms with Crippen molar-refractivity contribution in [1.82, 2.24) is 14.2 Å². The van der Waals surface area contributed by atoms with Gasteiger partial charge in [-0.15, -0.1) is 0 Å². The van der Waals surface area contributed by atoms with E-state index in [0.29, 0.717) is 37.6 Å². The van der Waals surface area contributed by atoms with Crippen LogP contribution in [-0.4, -0.2) is 73.5 Å². The number of carbonyl (C=O) groups excluding carboxylic acids is 1. The van der Waals surface area contributed by atoms with Crippen molar-refractivity contribution in [2.75, 3.05) is 39.3 Å². The molecule has 7 nitrogen and oxygen atoms in total. The zero-order chi connectivity index (χ0) is 22.8. The van der Waals surface area contributed by atoms with Gasteiger partial charge in [0.1, 0.15) is 0 Å².